The van der Waals surface area contributed by atoms with Crippen LogP contribution in [0.15, 0.2) is 24.3 Å². The van der Waals surface area contributed by atoms with E-state index in [2.05, 4.69) is 0 Å². The van der Waals surface area contributed by atoms with Gasteiger partial charge in [-0.2, -0.15) is 0 Å². The maximum atomic E-state index is 10.5. The first kappa shape index (κ1) is 13.1. The monoisotopic (exact) mass is 236 g/mol. The molecule has 0 aliphatic rings. The van der Waals surface area contributed by atoms with Gasteiger partial charge in [-0.05, 0) is 38.1 Å². The predicted molar refractivity (Wildman–Crippen MR) is 65.4 cm³/mol. The molecule has 17 heavy (non-hydrogen) atoms. The van der Waals surface area contributed by atoms with Crippen molar-refractivity contribution in [3.8, 4) is 11.5 Å². The minimum atomic E-state index is -0.997. The highest BCUT2D eigenvalue weighted by atomic mass is 16.5. The lowest BCUT2D eigenvalue weighted by molar-refractivity contribution is -0.131. The highest BCUT2D eigenvalue weighted by molar-refractivity contribution is 5.86. The number of aliphatic carboxylic acids is 1. The van der Waals surface area contributed by atoms with Gasteiger partial charge in [-0.15, -0.1) is 0 Å². The zero-order valence-corrected chi connectivity index (χ0v) is 10.1. The van der Waals surface area contributed by atoms with Crippen molar-refractivity contribution in [3.05, 3.63) is 29.8 Å². The number of hydrogen-bond acceptors (Lipinski definition) is 3. The highest BCUT2D eigenvalue weighted by Crippen LogP contribution is 2.26. The smallest absolute Gasteiger partial charge is 0.328 e. The number of hydrogen-bond donors (Lipinski definition) is 1. The van der Waals surface area contributed by atoms with Crippen LogP contribution in [-0.2, 0) is 4.79 Å². The average Bonchev–Trinajstić information content (AvgIpc) is 2.27. The quantitative estimate of drug-likeness (QED) is 0.798. The number of carboxylic acids is 1. The number of rotatable bonds is 5. The molecule has 1 rings (SSSR count). The summed E-state index contributed by atoms with van der Waals surface area (Å²) in [5.74, 6) is 0.299. The third-order valence-corrected chi connectivity index (χ3v) is 1.99. The lowest BCUT2D eigenvalue weighted by Crippen LogP contribution is -2.06. The van der Waals surface area contributed by atoms with E-state index < -0.39 is 5.97 Å². The Morgan fingerprint density at radius 1 is 1.41 bits per heavy atom. The van der Waals surface area contributed by atoms with Crippen molar-refractivity contribution >= 4 is 12.0 Å². The normalized spacial score (nSPS) is 10.8. The van der Waals surface area contributed by atoms with E-state index in [1.54, 1.807) is 25.3 Å². The second-order valence-electron chi connectivity index (χ2n) is 3.74. The summed E-state index contributed by atoms with van der Waals surface area (Å²) >= 11 is 0. The molecule has 0 saturated carbocycles. The van der Waals surface area contributed by atoms with Crippen LogP contribution in [0.5, 0.6) is 11.5 Å². The van der Waals surface area contributed by atoms with Crippen molar-refractivity contribution in [3.63, 3.8) is 0 Å². The topological polar surface area (TPSA) is 55.8 Å². The Labute approximate surface area is 100 Å². The summed E-state index contributed by atoms with van der Waals surface area (Å²) in [4.78, 5) is 10.5. The van der Waals surface area contributed by atoms with Crippen LogP contribution in [0.25, 0.3) is 6.08 Å². The molecule has 1 N–H and O–H groups in total. The fourth-order valence-electron chi connectivity index (χ4n) is 1.31. The SMILES string of the molecule is COc1ccc(OC(C)C)c(/C=C/C(=O)O)c1. The van der Waals surface area contributed by atoms with Crippen molar-refractivity contribution in [2.75, 3.05) is 7.11 Å². The fourth-order valence-corrected chi connectivity index (χ4v) is 1.31. The zero-order chi connectivity index (χ0) is 12.8. The van der Waals surface area contributed by atoms with E-state index in [1.807, 2.05) is 13.8 Å². The van der Waals surface area contributed by atoms with E-state index in [-0.39, 0.29) is 6.10 Å². The summed E-state index contributed by atoms with van der Waals surface area (Å²) in [6.07, 6.45) is 2.59. The third kappa shape index (κ3) is 4.18. The van der Waals surface area contributed by atoms with Gasteiger partial charge in [-0.1, -0.05) is 0 Å². The molecule has 0 aliphatic carbocycles. The van der Waals surface area contributed by atoms with Crippen molar-refractivity contribution in [2.45, 2.75) is 20.0 Å². The molecular weight excluding hydrogens is 220 g/mol. The summed E-state index contributed by atoms with van der Waals surface area (Å²) in [5.41, 5.74) is 0.681. The van der Waals surface area contributed by atoms with Gasteiger partial charge in [-0.25, -0.2) is 4.79 Å². The summed E-state index contributed by atoms with van der Waals surface area (Å²) in [5, 5.41) is 8.62. The Bertz CT molecular complexity index is 421. The lowest BCUT2D eigenvalue weighted by Gasteiger charge is -2.13. The Morgan fingerprint density at radius 3 is 2.65 bits per heavy atom. The first-order valence-electron chi connectivity index (χ1n) is 5.28. The van der Waals surface area contributed by atoms with Crippen molar-refractivity contribution in [2.24, 2.45) is 0 Å². The highest BCUT2D eigenvalue weighted by Gasteiger charge is 2.05. The van der Waals surface area contributed by atoms with Crippen LogP contribution in [0.1, 0.15) is 19.4 Å². The molecule has 4 heteroatoms. The summed E-state index contributed by atoms with van der Waals surface area (Å²) in [7, 11) is 1.56. The minimum absolute atomic E-state index is 0.0281. The Hall–Kier alpha value is -1.97. The second-order valence-corrected chi connectivity index (χ2v) is 3.74. The van der Waals surface area contributed by atoms with Gasteiger partial charge in [0.25, 0.3) is 0 Å². The van der Waals surface area contributed by atoms with E-state index in [4.69, 9.17) is 14.6 Å². The lowest BCUT2D eigenvalue weighted by atomic mass is 10.1. The van der Waals surface area contributed by atoms with E-state index >= 15 is 0 Å². The molecule has 0 unspecified atom stereocenters. The molecule has 0 fully saturated rings. The van der Waals surface area contributed by atoms with Gasteiger partial charge in [0.1, 0.15) is 11.5 Å². The molecule has 0 bridgehead atoms. The second kappa shape index (κ2) is 5.94. The van der Waals surface area contributed by atoms with Crippen LogP contribution in [0.2, 0.25) is 0 Å². The van der Waals surface area contributed by atoms with Gasteiger partial charge in [0.2, 0.25) is 0 Å². The van der Waals surface area contributed by atoms with Crippen molar-refractivity contribution in [1.29, 1.82) is 0 Å². The van der Waals surface area contributed by atoms with E-state index in [0.717, 1.165) is 6.08 Å². The maximum Gasteiger partial charge on any atom is 0.328 e. The molecule has 0 aromatic heterocycles. The Morgan fingerprint density at radius 2 is 2.12 bits per heavy atom. The molecule has 92 valence electrons. The first-order chi connectivity index (χ1) is 8.02. The molecule has 0 atom stereocenters. The van der Waals surface area contributed by atoms with Crippen molar-refractivity contribution in [1.82, 2.24) is 0 Å². The van der Waals surface area contributed by atoms with Crippen LogP contribution in [0.3, 0.4) is 0 Å². The number of benzene rings is 1. The summed E-state index contributed by atoms with van der Waals surface area (Å²) in [6.45, 7) is 3.82. The van der Waals surface area contributed by atoms with Crippen LogP contribution < -0.4 is 9.47 Å². The van der Waals surface area contributed by atoms with E-state index in [0.29, 0.717) is 17.1 Å². The van der Waals surface area contributed by atoms with Crippen LogP contribution >= 0.6 is 0 Å². The largest absolute Gasteiger partial charge is 0.497 e. The predicted octanol–water partition coefficient (Wildman–Crippen LogP) is 2.58. The Balaban J connectivity index is 3.06. The summed E-state index contributed by atoms with van der Waals surface area (Å²) < 4.78 is 10.7. The molecule has 4 nitrogen and oxygen atoms in total. The Kier molecular flexibility index (Phi) is 4.57. The molecular formula is C13H16O4. The van der Waals surface area contributed by atoms with Gasteiger partial charge in [0.05, 0.1) is 13.2 Å². The molecule has 1 aromatic carbocycles. The molecule has 0 aliphatic heterocycles. The molecule has 1 aromatic rings. The van der Waals surface area contributed by atoms with E-state index in [1.165, 1.54) is 6.08 Å². The third-order valence-electron chi connectivity index (χ3n) is 1.99. The zero-order valence-electron chi connectivity index (χ0n) is 10.1. The number of methoxy groups -OCH3 is 1. The van der Waals surface area contributed by atoms with Gasteiger partial charge in [0, 0.05) is 11.6 Å². The maximum absolute atomic E-state index is 10.5. The molecule has 0 amide bonds. The van der Waals surface area contributed by atoms with Crippen LogP contribution in [0, 0.1) is 0 Å². The molecule has 0 saturated heterocycles. The first-order valence-corrected chi connectivity index (χ1v) is 5.28. The fraction of sp³-hybridized carbons (Fsp3) is 0.308. The van der Waals surface area contributed by atoms with E-state index in [9.17, 15) is 4.79 Å². The van der Waals surface area contributed by atoms with Crippen LogP contribution in [-0.4, -0.2) is 24.3 Å². The van der Waals surface area contributed by atoms with Gasteiger partial charge in [-0.3, -0.25) is 0 Å². The summed E-state index contributed by atoms with van der Waals surface area (Å²) in [6, 6.07) is 5.27. The van der Waals surface area contributed by atoms with Crippen molar-refractivity contribution < 1.29 is 19.4 Å². The number of carbonyl (C=O) groups is 1. The molecule has 0 radical (unpaired) electrons. The minimum Gasteiger partial charge on any atom is -0.497 e. The molecule has 0 spiro atoms. The van der Waals surface area contributed by atoms with Gasteiger partial charge >= 0.3 is 5.97 Å². The number of carboxylic acid groups (broad SMARTS) is 1. The standard InChI is InChI=1S/C13H16O4/c1-9(2)17-12-6-5-11(16-3)8-10(12)4-7-13(14)15/h4-9H,1-3H3,(H,14,15)/b7-4+. The van der Waals surface area contributed by atoms with Gasteiger partial charge < -0.3 is 14.6 Å². The van der Waals surface area contributed by atoms with Gasteiger partial charge in [0.15, 0.2) is 0 Å². The average molecular weight is 236 g/mol. The number of ether oxygens (including phenoxy) is 2. The van der Waals surface area contributed by atoms with Crippen LogP contribution in [0.4, 0.5) is 0 Å². The molecule has 0 heterocycles.